The number of rotatable bonds is 6. The Morgan fingerprint density at radius 3 is 2.48 bits per heavy atom. The highest BCUT2D eigenvalue weighted by Crippen LogP contribution is 2.24. The third-order valence-corrected chi connectivity index (χ3v) is 5.72. The van der Waals surface area contributed by atoms with E-state index < -0.39 is 15.8 Å². The van der Waals surface area contributed by atoms with E-state index in [4.69, 9.17) is 5.73 Å². The van der Waals surface area contributed by atoms with Crippen LogP contribution in [0.15, 0.2) is 27.6 Å². The first-order valence-corrected chi connectivity index (χ1v) is 8.57. The van der Waals surface area contributed by atoms with Crippen LogP contribution in [0, 0.1) is 11.7 Å². The lowest BCUT2D eigenvalue weighted by Gasteiger charge is -2.21. The maximum atomic E-state index is 13.9. The summed E-state index contributed by atoms with van der Waals surface area (Å²) >= 11 is 2.99. The van der Waals surface area contributed by atoms with Crippen LogP contribution < -0.4 is 5.73 Å². The number of hydrogen-bond acceptors (Lipinski definition) is 3. The van der Waals surface area contributed by atoms with Crippen LogP contribution in [-0.2, 0) is 10.0 Å². The van der Waals surface area contributed by atoms with Gasteiger partial charge in [-0.05, 0) is 40.4 Å². The van der Waals surface area contributed by atoms with Gasteiger partial charge in [-0.25, -0.2) is 17.1 Å². The molecule has 4 nitrogen and oxygen atoms in total. The third-order valence-electron chi connectivity index (χ3n) is 3.24. The molecule has 1 rings (SSSR count). The maximum absolute atomic E-state index is 13.9. The minimum absolute atomic E-state index is 0. The largest absolute Gasteiger partial charge is 0.327 e. The zero-order chi connectivity index (χ0) is 15.5. The average Bonchev–Trinajstić information content (AvgIpc) is 2.38. The number of benzene rings is 1. The van der Waals surface area contributed by atoms with Crippen LogP contribution in [0.4, 0.5) is 4.39 Å². The highest BCUT2D eigenvalue weighted by Gasteiger charge is 2.25. The molecule has 0 radical (unpaired) electrons. The summed E-state index contributed by atoms with van der Waals surface area (Å²) in [5.74, 6) is -0.499. The van der Waals surface area contributed by atoms with Gasteiger partial charge in [0.15, 0.2) is 5.82 Å². The van der Waals surface area contributed by atoms with Gasteiger partial charge in [0.2, 0.25) is 10.0 Å². The minimum atomic E-state index is -3.84. The van der Waals surface area contributed by atoms with E-state index in [-0.39, 0.29) is 40.3 Å². The molecule has 0 aliphatic rings. The molecule has 1 atom stereocenters. The molecule has 0 saturated carbocycles. The van der Waals surface area contributed by atoms with Crippen molar-refractivity contribution in [2.75, 3.05) is 13.6 Å². The fourth-order valence-electron chi connectivity index (χ4n) is 1.64. The van der Waals surface area contributed by atoms with E-state index in [0.29, 0.717) is 6.42 Å². The highest BCUT2D eigenvalue weighted by molar-refractivity contribution is 9.10. The molecular formula is C13H21BrClFN2O2S. The summed E-state index contributed by atoms with van der Waals surface area (Å²) in [5, 5.41) is 0. The summed E-state index contributed by atoms with van der Waals surface area (Å²) in [4.78, 5) is -0.326. The molecule has 0 saturated heterocycles. The fourth-order valence-corrected chi connectivity index (χ4v) is 3.40. The van der Waals surface area contributed by atoms with E-state index in [0.717, 1.165) is 4.31 Å². The van der Waals surface area contributed by atoms with Crippen molar-refractivity contribution in [1.29, 1.82) is 0 Å². The Labute approximate surface area is 140 Å². The van der Waals surface area contributed by atoms with Crippen LogP contribution in [0.2, 0.25) is 0 Å². The smallest absolute Gasteiger partial charge is 0.245 e. The van der Waals surface area contributed by atoms with Gasteiger partial charge in [0.05, 0.1) is 4.47 Å². The number of halogens is 3. The topological polar surface area (TPSA) is 63.4 Å². The van der Waals surface area contributed by atoms with Crippen molar-refractivity contribution in [3.8, 4) is 0 Å². The van der Waals surface area contributed by atoms with Gasteiger partial charge in [-0.15, -0.1) is 12.4 Å². The normalized spacial score (nSPS) is 13.3. The molecule has 8 heteroatoms. The Morgan fingerprint density at radius 1 is 1.38 bits per heavy atom. The lowest BCUT2D eigenvalue weighted by Crippen LogP contribution is -2.35. The van der Waals surface area contributed by atoms with Crippen molar-refractivity contribution in [2.24, 2.45) is 11.7 Å². The van der Waals surface area contributed by atoms with E-state index >= 15 is 0 Å². The molecular weight excluding hydrogens is 383 g/mol. The van der Waals surface area contributed by atoms with Crippen LogP contribution in [0.3, 0.4) is 0 Å². The zero-order valence-electron chi connectivity index (χ0n) is 12.2. The van der Waals surface area contributed by atoms with Crippen molar-refractivity contribution in [1.82, 2.24) is 4.31 Å². The van der Waals surface area contributed by atoms with E-state index in [2.05, 4.69) is 15.9 Å². The van der Waals surface area contributed by atoms with Crippen LogP contribution in [0.5, 0.6) is 0 Å². The highest BCUT2D eigenvalue weighted by atomic mass is 79.9. The molecule has 0 fully saturated rings. The van der Waals surface area contributed by atoms with Crippen LogP contribution in [0.25, 0.3) is 0 Å². The number of sulfonamides is 1. The Bertz CT molecular complexity index is 569. The van der Waals surface area contributed by atoms with Crippen molar-refractivity contribution in [3.63, 3.8) is 0 Å². The second-order valence-corrected chi connectivity index (χ2v) is 7.94. The molecule has 0 aliphatic carbocycles. The van der Waals surface area contributed by atoms with Gasteiger partial charge < -0.3 is 5.73 Å². The lowest BCUT2D eigenvalue weighted by molar-refractivity contribution is 0.396. The van der Waals surface area contributed by atoms with Gasteiger partial charge in [0.25, 0.3) is 0 Å². The molecule has 1 aromatic rings. The first-order chi connectivity index (χ1) is 9.17. The molecule has 0 heterocycles. The molecule has 0 spiro atoms. The van der Waals surface area contributed by atoms with E-state index in [1.165, 1.54) is 25.2 Å². The summed E-state index contributed by atoms with van der Waals surface area (Å²) in [6.07, 6.45) is 0.531. The molecule has 0 aliphatic heterocycles. The monoisotopic (exact) mass is 402 g/mol. The van der Waals surface area contributed by atoms with Crippen LogP contribution in [0.1, 0.15) is 20.3 Å². The number of nitrogens with two attached hydrogens (primary N) is 1. The summed E-state index contributed by atoms with van der Waals surface area (Å²) in [5.41, 5.74) is 5.90. The maximum Gasteiger partial charge on any atom is 0.245 e. The second-order valence-electron chi connectivity index (χ2n) is 5.08. The summed E-state index contributed by atoms with van der Waals surface area (Å²) in [6.45, 7) is 4.22. The molecule has 2 N–H and O–H groups in total. The quantitative estimate of drug-likeness (QED) is 0.794. The van der Waals surface area contributed by atoms with Crippen LogP contribution in [-0.4, -0.2) is 32.4 Å². The van der Waals surface area contributed by atoms with Gasteiger partial charge in [0, 0.05) is 19.6 Å². The van der Waals surface area contributed by atoms with Crippen molar-refractivity contribution >= 4 is 38.4 Å². The standard InChI is InChI=1S/C13H20BrFN2O2S.ClH/c1-9(2)11(16)7-8-17(3)20(18,19)12-6-4-5-10(14)13(12)15;/h4-6,9,11H,7-8,16H2,1-3H3;1H. The van der Waals surface area contributed by atoms with Crippen LogP contribution >= 0.6 is 28.3 Å². The van der Waals surface area contributed by atoms with Gasteiger partial charge >= 0.3 is 0 Å². The van der Waals surface area contributed by atoms with Gasteiger partial charge in [-0.3, -0.25) is 0 Å². The van der Waals surface area contributed by atoms with E-state index in [9.17, 15) is 12.8 Å². The predicted octanol–water partition coefficient (Wildman–Crippen LogP) is 3.00. The molecule has 1 aromatic carbocycles. The summed E-state index contributed by atoms with van der Waals surface area (Å²) < 4.78 is 39.8. The molecule has 0 bridgehead atoms. The van der Waals surface area contributed by atoms with Gasteiger partial charge in [-0.1, -0.05) is 19.9 Å². The SMILES string of the molecule is CC(C)C(N)CCN(C)S(=O)(=O)c1cccc(Br)c1F.Cl. The molecule has 122 valence electrons. The lowest BCUT2D eigenvalue weighted by atomic mass is 10.0. The summed E-state index contributed by atoms with van der Waals surface area (Å²) in [7, 11) is -2.41. The first kappa shape index (κ1) is 20.8. The summed E-state index contributed by atoms with van der Waals surface area (Å²) in [6, 6.07) is 4.13. The number of nitrogens with zero attached hydrogens (tertiary/aromatic N) is 1. The van der Waals surface area contributed by atoms with Gasteiger partial charge in [0.1, 0.15) is 4.90 Å². The van der Waals surface area contributed by atoms with Crippen molar-refractivity contribution in [3.05, 3.63) is 28.5 Å². The molecule has 1 unspecified atom stereocenters. The minimum Gasteiger partial charge on any atom is -0.327 e. The van der Waals surface area contributed by atoms with Crippen molar-refractivity contribution < 1.29 is 12.8 Å². The first-order valence-electron chi connectivity index (χ1n) is 6.34. The number of hydrogen-bond donors (Lipinski definition) is 1. The molecule has 21 heavy (non-hydrogen) atoms. The van der Waals surface area contributed by atoms with E-state index in [1.807, 2.05) is 13.8 Å². The average molecular weight is 404 g/mol. The third kappa shape index (κ3) is 5.17. The zero-order valence-corrected chi connectivity index (χ0v) is 15.4. The predicted molar refractivity (Wildman–Crippen MR) is 88.6 cm³/mol. The fraction of sp³-hybridized carbons (Fsp3) is 0.538. The van der Waals surface area contributed by atoms with E-state index in [1.54, 1.807) is 0 Å². The Hall–Kier alpha value is -0.210. The molecule has 0 aromatic heterocycles. The molecule has 0 amide bonds. The second kappa shape index (κ2) is 8.43. The Kier molecular flexibility index (Phi) is 8.35. The van der Waals surface area contributed by atoms with Crippen molar-refractivity contribution in [2.45, 2.75) is 31.2 Å². The van der Waals surface area contributed by atoms with Gasteiger partial charge in [-0.2, -0.15) is 0 Å². The Balaban J connectivity index is 0.00000400. The Morgan fingerprint density at radius 2 is 1.95 bits per heavy atom.